The molecule has 0 aliphatic heterocycles. The summed E-state index contributed by atoms with van der Waals surface area (Å²) in [7, 11) is 0. The number of carbonyl (C=O) groups is 1. The first-order valence-electron chi connectivity index (χ1n) is 15.0. The highest BCUT2D eigenvalue weighted by Crippen LogP contribution is 2.59. The molecule has 207 valence electrons. The van der Waals surface area contributed by atoms with E-state index < -0.39 is 11.4 Å². The molecule has 0 spiro atoms. The molecule has 3 nitrogen and oxygen atoms in total. The van der Waals surface area contributed by atoms with E-state index in [-0.39, 0.29) is 11.9 Å². The SMILES string of the molecule is CCCCCCCC(Oc1c[c]ccc1-c1cccc(F)c1)C(C)CCCC12CCC(C(=O)O)(CC1)CC2. The summed E-state index contributed by atoms with van der Waals surface area (Å²) in [6.45, 7) is 4.56. The van der Waals surface area contributed by atoms with Gasteiger partial charge in [0, 0.05) is 5.56 Å². The van der Waals surface area contributed by atoms with Crippen LogP contribution in [-0.4, -0.2) is 17.2 Å². The maximum absolute atomic E-state index is 14.0. The van der Waals surface area contributed by atoms with Crippen molar-refractivity contribution in [2.45, 2.75) is 116 Å². The number of ether oxygens (including phenoxy) is 1. The van der Waals surface area contributed by atoms with Crippen molar-refractivity contribution in [3.63, 3.8) is 0 Å². The van der Waals surface area contributed by atoms with Gasteiger partial charge >= 0.3 is 5.97 Å². The summed E-state index contributed by atoms with van der Waals surface area (Å²) in [5.41, 5.74) is 1.66. The van der Waals surface area contributed by atoms with Gasteiger partial charge in [0.2, 0.25) is 0 Å². The van der Waals surface area contributed by atoms with Crippen molar-refractivity contribution in [3.05, 3.63) is 54.3 Å². The van der Waals surface area contributed by atoms with E-state index in [0.29, 0.717) is 11.3 Å². The highest BCUT2D eigenvalue weighted by molar-refractivity contribution is 5.75. The molecule has 5 rings (SSSR count). The Labute approximate surface area is 229 Å². The molecule has 3 aliphatic carbocycles. The normalized spacial score (nSPS) is 24.2. The third-order valence-electron chi connectivity index (χ3n) is 9.69. The van der Waals surface area contributed by atoms with E-state index in [9.17, 15) is 14.3 Å². The Morgan fingerprint density at radius 3 is 2.45 bits per heavy atom. The minimum atomic E-state index is -0.575. The van der Waals surface area contributed by atoms with E-state index in [1.54, 1.807) is 12.1 Å². The van der Waals surface area contributed by atoms with Gasteiger partial charge in [-0.1, -0.05) is 70.2 Å². The fourth-order valence-corrected chi connectivity index (χ4v) is 6.92. The molecule has 2 aromatic rings. The van der Waals surface area contributed by atoms with Crippen molar-refractivity contribution in [1.29, 1.82) is 0 Å². The summed E-state index contributed by atoms with van der Waals surface area (Å²) in [5.74, 6) is 0.372. The van der Waals surface area contributed by atoms with Gasteiger partial charge in [0.1, 0.15) is 17.7 Å². The molecule has 2 unspecified atom stereocenters. The van der Waals surface area contributed by atoms with Gasteiger partial charge in [0.25, 0.3) is 0 Å². The fourth-order valence-electron chi connectivity index (χ4n) is 6.92. The van der Waals surface area contributed by atoms with Crippen LogP contribution in [0.2, 0.25) is 0 Å². The molecule has 38 heavy (non-hydrogen) atoms. The van der Waals surface area contributed by atoms with Crippen molar-refractivity contribution in [2.75, 3.05) is 0 Å². The molecule has 0 saturated heterocycles. The molecule has 0 amide bonds. The topological polar surface area (TPSA) is 46.5 Å². The predicted octanol–water partition coefficient (Wildman–Crippen LogP) is 9.63. The number of halogens is 1. The van der Waals surface area contributed by atoms with Gasteiger partial charge in [-0.05, 0) is 105 Å². The molecule has 2 atom stereocenters. The lowest BCUT2D eigenvalue weighted by molar-refractivity contribution is -0.159. The molecule has 2 bridgehead atoms. The molecule has 3 fully saturated rings. The lowest BCUT2D eigenvalue weighted by atomic mass is 9.52. The average molecular weight is 522 g/mol. The minimum absolute atomic E-state index is 0.106. The van der Waals surface area contributed by atoms with Gasteiger partial charge < -0.3 is 9.84 Å². The summed E-state index contributed by atoms with van der Waals surface area (Å²) in [5, 5.41) is 9.72. The smallest absolute Gasteiger partial charge is 0.309 e. The monoisotopic (exact) mass is 521 g/mol. The van der Waals surface area contributed by atoms with Gasteiger partial charge in [0.05, 0.1) is 5.41 Å². The lowest BCUT2D eigenvalue weighted by Crippen LogP contribution is -2.45. The number of fused-ring (bicyclic) bond motifs is 3. The maximum Gasteiger partial charge on any atom is 0.309 e. The van der Waals surface area contributed by atoms with Crippen LogP contribution in [0.4, 0.5) is 4.39 Å². The lowest BCUT2D eigenvalue weighted by Gasteiger charge is -2.51. The summed E-state index contributed by atoms with van der Waals surface area (Å²) < 4.78 is 20.7. The number of carboxylic acids is 1. The number of hydrogen-bond acceptors (Lipinski definition) is 2. The van der Waals surface area contributed by atoms with Crippen LogP contribution in [0.15, 0.2) is 42.5 Å². The Balaban J connectivity index is 1.39. The van der Waals surface area contributed by atoms with Gasteiger partial charge in [-0.3, -0.25) is 4.79 Å². The minimum Gasteiger partial charge on any atom is -0.489 e. The quantitative estimate of drug-likeness (QED) is 0.237. The molecule has 0 heterocycles. The highest BCUT2D eigenvalue weighted by atomic mass is 19.1. The van der Waals surface area contributed by atoms with Crippen LogP contribution in [0.1, 0.15) is 110 Å². The molecule has 3 aliphatic rings. The molecule has 4 heteroatoms. The van der Waals surface area contributed by atoms with Crippen molar-refractivity contribution in [1.82, 2.24) is 0 Å². The Kier molecular flexibility index (Phi) is 9.90. The van der Waals surface area contributed by atoms with Crippen LogP contribution in [0, 0.1) is 28.6 Å². The molecule has 0 aromatic heterocycles. The second-order valence-corrected chi connectivity index (χ2v) is 12.2. The van der Waals surface area contributed by atoms with Crippen LogP contribution in [0.5, 0.6) is 5.75 Å². The van der Waals surface area contributed by atoms with Crippen LogP contribution >= 0.6 is 0 Å². The number of unbranched alkanes of at least 4 members (excludes halogenated alkanes) is 4. The molecule has 3 saturated carbocycles. The highest BCUT2D eigenvalue weighted by Gasteiger charge is 2.52. The van der Waals surface area contributed by atoms with Crippen molar-refractivity contribution < 1.29 is 19.0 Å². The standard InChI is InChI=1S/C34H46FO3/c1-3-4-5-6-7-16-30(38-31-17-9-8-15-29(31)27-13-10-14-28(35)25-27)26(2)12-11-18-33-19-22-34(23-20-33,24-21-33)32(36)37/h8,10,13-15,17,25-26,30H,3-7,11-12,16,18-24H2,1-2H3,(H,36,37). The van der Waals surface area contributed by atoms with Crippen molar-refractivity contribution in [2.24, 2.45) is 16.7 Å². The maximum atomic E-state index is 14.0. The molecule has 1 radical (unpaired) electrons. The zero-order valence-electron chi connectivity index (χ0n) is 23.4. The molecular formula is C34H46FO3. The first-order chi connectivity index (χ1) is 18.4. The fraction of sp³-hybridized carbons (Fsp3) is 0.618. The third kappa shape index (κ3) is 6.98. The van der Waals surface area contributed by atoms with Crippen LogP contribution in [0.25, 0.3) is 11.1 Å². The number of aliphatic carboxylic acids is 1. The Hall–Kier alpha value is -2.36. The second-order valence-electron chi connectivity index (χ2n) is 12.2. The van der Waals surface area contributed by atoms with E-state index in [4.69, 9.17) is 4.74 Å². The number of rotatable bonds is 15. The number of benzene rings is 2. The van der Waals surface area contributed by atoms with E-state index in [1.165, 1.54) is 38.2 Å². The van der Waals surface area contributed by atoms with E-state index in [0.717, 1.165) is 81.1 Å². The van der Waals surface area contributed by atoms with Crippen molar-refractivity contribution >= 4 is 5.97 Å². The Morgan fingerprint density at radius 2 is 1.76 bits per heavy atom. The Bertz CT molecular complexity index is 1020. The largest absolute Gasteiger partial charge is 0.489 e. The first-order valence-corrected chi connectivity index (χ1v) is 15.0. The van der Waals surface area contributed by atoms with Crippen LogP contribution in [-0.2, 0) is 4.79 Å². The van der Waals surface area contributed by atoms with E-state index in [1.807, 2.05) is 24.3 Å². The summed E-state index contributed by atoms with van der Waals surface area (Å²) in [6.07, 6.45) is 16.6. The van der Waals surface area contributed by atoms with Gasteiger partial charge in [-0.2, -0.15) is 0 Å². The van der Waals surface area contributed by atoms with Crippen LogP contribution in [0.3, 0.4) is 0 Å². The van der Waals surface area contributed by atoms with Gasteiger partial charge in [0.15, 0.2) is 0 Å². The van der Waals surface area contributed by atoms with Gasteiger partial charge in [-0.25, -0.2) is 4.39 Å². The number of carboxylic acid groups (broad SMARTS) is 1. The molecular weight excluding hydrogens is 475 g/mol. The Morgan fingerprint density at radius 1 is 1.03 bits per heavy atom. The number of hydrogen-bond donors (Lipinski definition) is 1. The third-order valence-corrected chi connectivity index (χ3v) is 9.69. The van der Waals surface area contributed by atoms with Gasteiger partial charge in [-0.15, -0.1) is 0 Å². The summed E-state index contributed by atoms with van der Waals surface area (Å²) in [4.78, 5) is 11.8. The van der Waals surface area contributed by atoms with Crippen molar-refractivity contribution in [3.8, 4) is 16.9 Å². The zero-order valence-corrected chi connectivity index (χ0v) is 23.4. The average Bonchev–Trinajstić information content (AvgIpc) is 2.93. The first kappa shape index (κ1) is 28.6. The zero-order chi connectivity index (χ0) is 27.0. The predicted molar refractivity (Wildman–Crippen MR) is 152 cm³/mol. The van der Waals surface area contributed by atoms with E-state index >= 15 is 0 Å². The summed E-state index contributed by atoms with van der Waals surface area (Å²) >= 11 is 0. The second kappa shape index (κ2) is 13.1. The van der Waals surface area contributed by atoms with E-state index in [2.05, 4.69) is 19.9 Å². The molecule has 1 N–H and O–H groups in total. The van der Waals surface area contributed by atoms with Crippen LogP contribution < -0.4 is 4.74 Å². The molecule has 2 aromatic carbocycles. The summed E-state index contributed by atoms with van der Waals surface area (Å²) in [6, 6.07) is 15.6.